The third kappa shape index (κ3) is 5.76. The van der Waals surface area contributed by atoms with Crippen molar-refractivity contribution in [2.24, 2.45) is 0 Å². The van der Waals surface area contributed by atoms with E-state index in [0.717, 1.165) is 22.3 Å². The Kier molecular flexibility index (Phi) is 7.72. The maximum Gasteiger partial charge on any atom is 0.264 e. The molecule has 3 aromatic rings. The molecule has 39 heavy (non-hydrogen) atoms. The first-order chi connectivity index (χ1) is 18.2. The van der Waals surface area contributed by atoms with E-state index in [0.29, 0.717) is 17.2 Å². The van der Waals surface area contributed by atoms with Gasteiger partial charge in [-0.1, -0.05) is 39.0 Å². The second kappa shape index (κ2) is 10.6. The normalized spacial score (nSPS) is 16.2. The number of sulfonamides is 1. The first-order valence-corrected chi connectivity index (χ1v) is 14.5. The number of carbonyl (C=O) groups excluding carboxylic acids is 1. The lowest BCUT2D eigenvalue weighted by Gasteiger charge is -2.36. The van der Waals surface area contributed by atoms with Crippen molar-refractivity contribution in [1.82, 2.24) is 5.32 Å². The van der Waals surface area contributed by atoms with Crippen molar-refractivity contribution in [3.63, 3.8) is 0 Å². The summed E-state index contributed by atoms with van der Waals surface area (Å²) in [5.41, 5.74) is 5.60. The molecule has 0 aromatic heterocycles. The van der Waals surface area contributed by atoms with Crippen molar-refractivity contribution < 1.29 is 22.7 Å². The number of nitrogens with one attached hydrogen (secondary N) is 1. The number of fused-ring (bicyclic) bond motifs is 1. The summed E-state index contributed by atoms with van der Waals surface area (Å²) in [6.07, 6.45) is -1.03. The van der Waals surface area contributed by atoms with Crippen LogP contribution in [0.25, 0.3) is 0 Å². The van der Waals surface area contributed by atoms with Crippen molar-refractivity contribution in [3.05, 3.63) is 82.4 Å². The molecule has 1 aliphatic heterocycles. The number of hydrogen-bond donors (Lipinski definition) is 1. The number of ether oxygens (including phenoxy) is 2. The molecule has 1 aliphatic rings. The van der Waals surface area contributed by atoms with Gasteiger partial charge in [-0.2, -0.15) is 0 Å². The van der Waals surface area contributed by atoms with Crippen molar-refractivity contribution in [3.8, 4) is 11.5 Å². The van der Waals surface area contributed by atoms with Crippen LogP contribution in [0.3, 0.4) is 0 Å². The van der Waals surface area contributed by atoms with Gasteiger partial charge in [-0.3, -0.25) is 9.10 Å². The van der Waals surface area contributed by atoms with Crippen molar-refractivity contribution >= 4 is 21.6 Å². The molecule has 208 valence electrons. The van der Waals surface area contributed by atoms with E-state index in [1.54, 1.807) is 18.2 Å². The second-order valence-electron chi connectivity index (χ2n) is 11.3. The van der Waals surface area contributed by atoms with E-state index in [1.807, 2.05) is 32.9 Å². The van der Waals surface area contributed by atoms with Crippen LogP contribution >= 0.6 is 0 Å². The van der Waals surface area contributed by atoms with Gasteiger partial charge in [0, 0.05) is 0 Å². The Hall–Kier alpha value is -3.52. The Bertz CT molecular complexity index is 1490. The number of anilines is 1. The van der Waals surface area contributed by atoms with Crippen LogP contribution in [0.2, 0.25) is 0 Å². The molecule has 4 rings (SSSR count). The minimum Gasteiger partial charge on any atom is -0.497 e. The summed E-state index contributed by atoms with van der Waals surface area (Å²) in [4.78, 5) is 13.6. The second-order valence-corrected chi connectivity index (χ2v) is 13.1. The van der Waals surface area contributed by atoms with Gasteiger partial charge >= 0.3 is 0 Å². The summed E-state index contributed by atoms with van der Waals surface area (Å²) in [6.45, 7) is 14.1. The van der Waals surface area contributed by atoms with E-state index in [-0.39, 0.29) is 28.8 Å². The van der Waals surface area contributed by atoms with Gasteiger partial charge in [0.05, 0.1) is 30.3 Å². The highest BCUT2D eigenvalue weighted by molar-refractivity contribution is 7.92. The van der Waals surface area contributed by atoms with Crippen LogP contribution in [0.1, 0.15) is 61.6 Å². The maximum atomic E-state index is 13.9. The molecule has 8 heteroatoms. The van der Waals surface area contributed by atoms with Gasteiger partial charge in [-0.05, 0) is 97.3 Å². The van der Waals surface area contributed by atoms with Crippen molar-refractivity contribution in [2.45, 2.75) is 70.9 Å². The van der Waals surface area contributed by atoms with E-state index in [1.165, 1.54) is 29.1 Å². The van der Waals surface area contributed by atoms with Crippen LogP contribution in [0, 0.1) is 20.8 Å². The third-order valence-corrected chi connectivity index (χ3v) is 9.14. The average Bonchev–Trinajstić information content (AvgIpc) is 2.89. The van der Waals surface area contributed by atoms with Crippen LogP contribution in [-0.2, 0) is 20.2 Å². The molecule has 0 bridgehead atoms. The van der Waals surface area contributed by atoms with E-state index in [9.17, 15) is 13.2 Å². The van der Waals surface area contributed by atoms with Crippen LogP contribution in [0.5, 0.6) is 11.5 Å². The molecular weight excluding hydrogens is 512 g/mol. The largest absolute Gasteiger partial charge is 0.497 e. The van der Waals surface area contributed by atoms with Gasteiger partial charge in [0.1, 0.15) is 11.5 Å². The summed E-state index contributed by atoms with van der Waals surface area (Å²) in [5, 5.41) is 3.04. The molecule has 0 fully saturated rings. The van der Waals surface area contributed by atoms with E-state index in [2.05, 4.69) is 45.1 Å². The molecule has 0 saturated carbocycles. The molecule has 7 nitrogen and oxygen atoms in total. The predicted molar refractivity (Wildman–Crippen MR) is 154 cm³/mol. The molecule has 1 heterocycles. The Morgan fingerprint density at radius 2 is 1.64 bits per heavy atom. The highest BCUT2D eigenvalue weighted by Crippen LogP contribution is 2.40. The van der Waals surface area contributed by atoms with Crippen LogP contribution in [-0.4, -0.2) is 34.1 Å². The monoisotopic (exact) mass is 550 g/mol. The first kappa shape index (κ1) is 28.5. The first-order valence-electron chi connectivity index (χ1n) is 13.1. The number of aryl methyl sites for hydroxylation is 3. The lowest BCUT2D eigenvalue weighted by molar-refractivity contribution is -0.128. The molecule has 2 atom stereocenters. The molecule has 1 N–H and O–H groups in total. The SMILES string of the molecule is COc1ccc(S(=O)(=O)N2C[C@@H](C(=O)N[C@@H](C)c3cc(C)c(C)cc3C)Oc3ccc(C(C)(C)C)cc32)cc1. The summed E-state index contributed by atoms with van der Waals surface area (Å²) in [7, 11) is -2.48. The maximum absolute atomic E-state index is 13.9. The summed E-state index contributed by atoms with van der Waals surface area (Å²) < 4.78 is 40.5. The zero-order valence-electron chi connectivity index (χ0n) is 24.0. The molecule has 0 saturated heterocycles. The smallest absolute Gasteiger partial charge is 0.264 e. The van der Waals surface area contributed by atoms with E-state index >= 15 is 0 Å². The number of methoxy groups -OCH3 is 1. The number of benzene rings is 3. The molecule has 0 radical (unpaired) electrons. The van der Waals surface area contributed by atoms with Crippen molar-refractivity contribution in [2.75, 3.05) is 18.0 Å². The zero-order chi connectivity index (χ0) is 28.7. The Labute approximate surface area is 232 Å². The van der Waals surface area contributed by atoms with Gasteiger partial charge in [0.2, 0.25) is 0 Å². The molecule has 0 spiro atoms. The van der Waals surface area contributed by atoms with E-state index in [4.69, 9.17) is 9.47 Å². The summed E-state index contributed by atoms with van der Waals surface area (Å²) in [5.74, 6) is 0.529. The van der Waals surface area contributed by atoms with Crippen LogP contribution in [0.4, 0.5) is 5.69 Å². The topological polar surface area (TPSA) is 84.9 Å². The lowest BCUT2D eigenvalue weighted by atomic mass is 9.86. The number of nitrogens with zero attached hydrogens (tertiary/aromatic N) is 1. The fourth-order valence-electron chi connectivity index (χ4n) is 4.79. The number of rotatable bonds is 6. The third-order valence-electron chi connectivity index (χ3n) is 7.34. The molecular formula is C31H38N2O5S. The molecule has 3 aromatic carbocycles. The Morgan fingerprint density at radius 1 is 1.00 bits per heavy atom. The Morgan fingerprint density at radius 3 is 2.26 bits per heavy atom. The number of carbonyl (C=O) groups is 1. The summed E-state index contributed by atoms with van der Waals surface area (Å²) in [6, 6.07) is 15.7. The molecule has 0 aliphatic carbocycles. The fourth-order valence-corrected chi connectivity index (χ4v) is 6.26. The highest BCUT2D eigenvalue weighted by atomic mass is 32.2. The van der Waals surface area contributed by atoms with Crippen LogP contribution in [0.15, 0.2) is 59.5 Å². The number of hydrogen-bond acceptors (Lipinski definition) is 5. The van der Waals surface area contributed by atoms with Crippen LogP contribution < -0.4 is 19.1 Å². The average molecular weight is 551 g/mol. The minimum absolute atomic E-state index is 0.107. The quantitative estimate of drug-likeness (QED) is 0.422. The molecule has 1 amide bonds. The standard InChI is InChI=1S/C31H38N2O5S/c1-19-15-21(3)26(16-20(19)2)22(4)32-30(34)29-18-33(39(35,36)25-12-10-24(37-8)11-13-25)27-17-23(31(5,6)7)9-14-28(27)38-29/h9-17,22,29H,18H2,1-8H3,(H,32,34)/t22-,29-/m0/s1. The van der Waals surface area contributed by atoms with Gasteiger partial charge in [0.15, 0.2) is 6.10 Å². The van der Waals surface area contributed by atoms with Gasteiger partial charge < -0.3 is 14.8 Å². The van der Waals surface area contributed by atoms with Gasteiger partial charge in [-0.25, -0.2) is 8.42 Å². The molecule has 0 unspecified atom stereocenters. The predicted octanol–water partition coefficient (Wildman–Crippen LogP) is 5.75. The van der Waals surface area contributed by atoms with E-state index < -0.39 is 16.1 Å². The van der Waals surface area contributed by atoms with Gasteiger partial charge in [-0.15, -0.1) is 0 Å². The lowest BCUT2D eigenvalue weighted by Crippen LogP contribution is -2.51. The highest BCUT2D eigenvalue weighted by Gasteiger charge is 2.38. The number of amides is 1. The van der Waals surface area contributed by atoms with Gasteiger partial charge in [0.25, 0.3) is 15.9 Å². The summed E-state index contributed by atoms with van der Waals surface area (Å²) >= 11 is 0. The fraction of sp³-hybridized carbons (Fsp3) is 0.387. The minimum atomic E-state index is -4.01. The van der Waals surface area contributed by atoms with Crippen molar-refractivity contribution in [1.29, 1.82) is 0 Å². The zero-order valence-corrected chi connectivity index (χ0v) is 24.8. The Balaban J connectivity index is 1.70.